The molecule has 8 heteroatoms. The molecule has 0 bridgehead atoms. The molecule has 25 heavy (non-hydrogen) atoms. The van der Waals surface area contributed by atoms with Gasteiger partial charge in [-0.05, 0) is 25.5 Å². The first-order chi connectivity index (χ1) is 11.7. The minimum absolute atomic E-state index is 0. The number of para-hydroxylation sites is 1. The van der Waals surface area contributed by atoms with Crippen molar-refractivity contribution in [1.82, 2.24) is 20.8 Å². The van der Waals surface area contributed by atoms with Gasteiger partial charge in [-0.25, -0.2) is 0 Å². The molecule has 0 amide bonds. The zero-order chi connectivity index (χ0) is 16.8. The highest BCUT2D eigenvalue weighted by molar-refractivity contribution is 14.0. The Balaban J connectivity index is 0.00000225. The fourth-order valence-corrected chi connectivity index (χ4v) is 2.87. The number of nitrogens with one attached hydrogen (secondary N) is 2. The SMILES string of the molecule is CN=C(NCCc1nc(C)no1)NC1CCN(c2ccccc2)C1.I. The summed E-state index contributed by atoms with van der Waals surface area (Å²) in [5.74, 6) is 2.12. The molecule has 2 N–H and O–H groups in total. The maximum atomic E-state index is 5.11. The summed E-state index contributed by atoms with van der Waals surface area (Å²) in [6.45, 7) is 4.56. The lowest BCUT2D eigenvalue weighted by Gasteiger charge is -2.20. The van der Waals surface area contributed by atoms with Crippen molar-refractivity contribution >= 4 is 35.6 Å². The van der Waals surface area contributed by atoms with E-state index >= 15 is 0 Å². The first-order valence-electron chi connectivity index (χ1n) is 8.31. The van der Waals surface area contributed by atoms with Gasteiger partial charge in [-0.3, -0.25) is 4.99 Å². The summed E-state index contributed by atoms with van der Waals surface area (Å²) in [7, 11) is 1.79. The highest BCUT2D eigenvalue weighted by Crippen LogP contribution is 2.19. The lowest BCUT2D eigenvalue weighted by Crippen LogP contribution is -2.45. The summed E-state index contributed by atoms with van der Waals surface area (Å²) in [5.41, 5.74) is 1.27. The molecule has 0 radical (unpaired) electrons. The van der Waals surface area contributed by atoms with Crippen molar-refractivity contribution in [2.75, 3.05) is 31.6 Å². The third kappa shape index (κ3) is 5.58. The number of anilines is 1. The first kappa shape index (κ1) is 19.5. The molecular formula is C17H25IN6O. The largest absolute Gasteiger partial charge is 0.369 e. The molecule has 0 aliphatic carbocycles. The quantitative estimate of drug-likeness (QED) is 0.407. The van der Waals surface area contributed by atoms with Crippen molar-refractivity contribution < 1.29 is 4.52 Å². The van der Waals surface area contributed by atoms with E-state index in [1.54, 1.807) is 7.05 Å². The molecule has 1 aliphatic rings. The Labute approximate surface area is 165 Å². The number of rotatable bonds is 5. The minimum Gasteiger partial charge on any atom is -0.369 e. The molecule has 2 heterocycles. The van der Waals surface area contributed by atoms with E-state index in [0.717, 1.165) is 25.5 Å². The smallest absolute Gasteiger partial charge is 0.228 e. The number of benzene rings is 1. The van der Waals surface area contributed by atoms with Crippen molar-refractivity contribution in [3.63, 3.8) is 0 Å². The second kappa shape index (κ2) is 9.59. The molecule has 2 aromatic rings. The highest BCUT2D eigenvalue weighted by Gasteiger charge is 2.23. The lowest BCUT2D eigenvalue weighted by atomic mass is 10.3. The summed E-state index contributed by atoms with van der Waals surface area (Å²) in [5, 5.41) is 10.6. The number of aryl methyl sites for hydroxylation is 1. The van der Waals surface area contributed by atoms with Gasteiger partial charge in [0, 0.05) is 44.8 Å². The Morgan fingerprint density at radius 1 is 1.36 bits per heavy atom. The van der Waals surface area contributed by atoms with Crippen molar-refractivity contribution in [3.05, 3.63) is 42.0 Å². The van der Waals surface area contributed by atoms with Crippen LogP contribution in [0.15, 0.2) is 39.8 Å². The van der Waals surface area contributed by atoms with Crippen LogP contribution in [0.4, 0.5) is 5.69 Å². The molecule has 3 rings (SSSR count). The van der Waals surface area contributed by atoms with Gasteiger partial charge in [-0.2, -0.15) is 4.98 Å². The first-order valence-corrected chi connectivity index (χ1v) is 8.31. The number of nitrogens with zero attached hydrogens (tertiary/aromatic N) is 4. The predicted molar refractivity (Wildman–Crippen MR) is 110 cm³/mol. The van der Waals surface area contributed by atoms with Crippen molar-refractivity contribution in [2.45, 2.75) is 25.8 Å². The number of aromatic nitrogens is 2. The molecule has 1 aliphatic heterocycles. The van der Waals surface area contributed by atoms with Gasteiger partial charge in [0.2, 0.25) is 5.89 Å². The van der Waals surface area contributed by atoms with E-state index in [-0.39, 0.29) is 24.0 Å². The van der Waals surface area contributed by atoms with Crippen LogP contribution in [0.3, 0.4) is 0 Å². The number of halogens is 1. The average molecular weight is 456 g/mol. The van der Waals surface area contributed by atoms with Crippen LogP contribution in [0.1, 0.15) is 18.1 Å². The zero-order valence-electron chi connectivity index (χ0n) is 14.6. The van der Waals surface area contributed by atoms with Gasteiger partial charge in [-0.1, -0.05) is 23.4 Å². The molecule has 1 saturated heterocycles. The van der Waals surface area contributed by atoms with E-state index in [1.165, 1.54) is 5.69 Å². The molecule has 7 nitrogen and oxygen atoms in total. The number of guanidine groups is 1. The summed E-state index contributed by atoms with van der Waals surface area (Å²) >= 11 is 0. The van der Waals surface area contributed by atoms with Gasteiger partial charge in [-0.15, -0.1) is 24.0 Å². The van der Waals surface area contributed by atoms with Crippen LogP contribution in [0.2, 0.25) is 0 Å². The third-order valence-electron chi connectivity index (χ3n) is 4.07. The second-order valence-electron chi connectivity index (χ2n) is 5.90. The van der Waals surface area contributed by atoms with Gasteiger partial charge in [0.1, 0.15) is 0 Å². The Kier molecular flexibility index (Phi) is 7.48. The van der Waals surface area contributed by atoms with Crippen LogP contribution in [-0.4, -0.2) is 48.8 Å². The van der Waals surface area contributed by atoms with Crippen LogP contribution in [0, 0.1) is 6.92 Å². The standard InChI is InChI=1S/C17H24N6O.HI/c1-13-20-16(24-22-13)8-10-19-17(18-2)21-14-9-11-23(12-14)15-6-4-3-5-7-15;/h3-7,14H,8-12H2,1-2H3,(H2,18,19,21);1H. The maximum Gasteiger partial charge on any atom is 0.228 e. The van der Waals surface area contributed by atoms with E-state index in [9.17, 15) is 0 Å². The van der Waals surface area contributed by atoms with Gasteiger partial charge < -0.3 is 20.1 Å². The molecule has 1 aromatic heterocycles. The van der Waals surface area contributed by atoms with Crippen molar-refractivity contribution in [3.8, 4) is 0 Å². The molecular weight excluding hydrogens is 431 g/mol. The Bertz CT molecular complexity index is 675. The molecule has 0 saturated carbocycles. The van der Waals surface area contributed by atoms with Crippen LogP contribution in [0.25, 0.3) is 0 Å². The Morgan fingerprint density at radius 3 is 2.84 bits per heavy atom. The molecule has 136 valence electrons. The summed E-state index contributed by atoms with van der Waals surface area (Å²) < 4.78 is 5.11. The molecule has 1 unspecified atom stereocenters. The van der Waals surface area contributed by atoms with Gasteiger partial charge in [0.05, 0.1) is 0 Å². The van der Waals surface area contributed by atoms with E-state index in [2.05, 4.69) is 54.9 Å². The zero-order valence-corrected chi connectivity index (χ0v) is 16.9. The number of aliphatic imine (C=N–C) groups is 1. The molecule has 1 aromatic carbocycles. The second-order valence-corrected chi connectivity index (χ2v) is 5.90. The molecule has 0 spiro atoms. The molecule has 1 atom stereocenters. The van der Waals surface area contributed by atoms with Crippen LogP contribution < -0.4 is 15.5 Å². The number of hydrogen-bond donors (Lipinski definition) is 2. The summed E-state index contributed by atoms with van der Waals surface area (Å²) in [4.78, 5) is 10.9. The Hall–Kier alpha value is -1.84. The molecule has 1 fully saturated rings. The number of hydrogen-bond acceptors (Lipinski definition) is 5. The van der Waals surface area contributed by atoms with Crippen LogP contribution in [-0.2, 0) is 6.42 Å². The third-order valence-corrected chi connectivity index (χ3v) is 4.07. The summed E-state index contributed by atoms with van der Waals surface area (Å²) in [6, 6.07) is 10.9. The van der Waals surface area contributed by atoms with Gasteiger partial charge >= 0.3 is 0 Å². The van der Waals surface area contributed by atoms with Crippen molar-refractivity contribution in [2.24, 2.45) is 4.99 Å². The maximum absolute atomic E-state index is 5.11. The van der Waals surface area contributed by atoms with Crippen LogP contribution >= 0.6 is 24.0 Å². The average Bonchev–Trinajstić information content (AvgIpc) is 3.24. The predicted octanol–water partition coefficient (Wildman–Crippen LogP) is 1.98. The fraction of sp³-hybridized carbons (Fsp3) is 0.471. The van der Waals surface area contributed by atoms with Gasteiger partial charge in [0.25, 0.3) is 0 Å². The Morgan fingerprint density at radius 2 is 2.16 bits per heavy atom. The normalized spacial score (nSPS) is 17.3. The minimum atomic E-state index is 0. The van der Waals surface area contributed by atoms with E-state index < -0.39 is 0 Å². The van der Waals surface area contributed by atoms with E-state index in [0.29, 0.717) is 30.7 Å². The highest BCUT2D eigenvalue weighted by atomic mass is 127. The topological polar surface area (TPSA) is 78.6 Å². The van der Waals surface area contributed by atoms with Crippen LogP contribution in [0.5, 0.6) is 0 Å². The van der Waals surface area contributed by atoms with Crippen molar-refractivity contribution in [1.29, 1.82) is 0 Å². The van der Waals surface area contributed by atoms with E-state index in [4.69, 9.17) is 4.52 Å². The summed E-state index contributed by atoms with van der Waals surface area (Å²) in [6.07, 6.45) is 1.78. The fourth-order valence-electron chi connectivity index (χ4n) is 2.87. The van der Waals surface area contributed by atoms with E-state index in [1.807, 2.05) is 13.0 Å². The van der Waals surface area contributed by atoms with Gasteiger partial charge in [0.15, 0.2) is 11.8 Å². The monoisotopic (exact) mass is 456 g/mol. The lowest BCUT2D eigenvalue weighted by molar-refractivity contribution is 0.374.